The fraction of sp³-hybridized carbons (Fsp3) is 0.429. The van der Waals surface area contributed by atoms with E-state index < -0.39 is 0 Å². The Kier molecular flexibility index (Phi) is 4.79. The summed E-state index contributed by atoms with van der Waals surface area (Å²) < 4.78 is 1.73. The summed E-state index contributed by atoms with van der Waals surface area (Å²) in [5.41, 5.74) is 0.644. The Bertz CT molecular complexity index is 496. The number of halogens is 2. The molecule has 1 amide bonds. The third-order valence-electron chi connectivity index (χ3n) is 3.41. The maximum atomic E-state index is 12.4. The van der Waals surface area contributed by atoms with Crippen molar-refractivity contribution in [3.8, 4) is 0 Å². The lowest BCUT2D eigenvalue weighted by Crippen LogP contribution is -2.43. The van der Waals surface area contributed by atoms with Gasteiger partial charge in [-0.2, -0.15) is 0 Å². The highest BCUT2D eigenvalue weighted by atomic mass is 79.9. The first-order valence-corrected chi connectivity index (χ1v) is 7.88. The van der Waals surface area contributed by atoms with Crippen molar-refractivity contribution in [2.24, 2.45) is 5.92 Å². The zero-order valence-corrected chi connectivity index (χ0v) is 13.8. The number of piperidine rings is 1. The molecule has 1 aliphatic rings. The monoisotopic (exact) mass is 387 g/mol. The van der Waals surface area contributed by atoms with Gasteiger partial charge in [-0.3, -0.25) is 9.59 Å². The number of hydrogen-bond donors (Lipinski definition) is 0. The van der Waals surface area contributed by atoms with E-state index in [0.717, 1.165) is 15.4 Å². The molecule has 0 spiro atoms. The average Bonchev–Trinajstić information content (AvgIpc) is 2.37. The average molecular weight is 389 g/mol. The molecule has 0 aromatic heterocycles. The van der Waals surface area contributed by atoms with E-state index in [1.807, 2.05) is 25.1 Å². The van der Waals surface area contributed by atoms with E-state index in [1.54, 1.807) is 4.90 Å². The predicted molar refractivity (Wildman–Crippen MR) is 81.2 cm³/mol. The van der Waals surface area contributed by atoms with Crippen LogP contribution in [0.1, 0.15) is 30.1 Å². The molecule has 3 nitrogen and oxygen atoms in total. The summed E-state index contributed by atoms with van der Waals surface area (Å²) in [4.78, 5) is 25.9. The van der Waals surface area contributed by atoms with Crippen LogP contribution >= 0.6 is 31.9 Å². The number of rotatable bonds is 2. The van der Waals surface area contributed by atoms with Gasteiger partial charge in [-0.05, 0) is 24.6 Å². The molecular formula is C14H15Br2NO2. The molecule has 0 bridgehead atoms. The minimum Gasteiger partial charge on any atom is -0.337 e. The second-order valence-electron chi connectivity index (χ2n) is 4.73. The lowest BCUT2D eigenvalue weighted by atomic mass is 9.93. The first-order chi connectivity index (χ1) is 9.01. The van der Waals surface area contributed by atoms with E-state index in [1.165, 1.54) is 0 Å². The second kappa shape index (κ2) is 6.18. The van der Waals surface area contributed by atoms with Gasteiger partial charge in [0.1, 0.15) is 5.78 Å². The Balaban J connectivity index is 2.17. The summed E-state index contributed by atoms with van der Waals surface area (Å²) in [5.74, 6) is 0.267. The lowest BCUT2D eigenvalue weighted by molar-refractivity contribution is -0.125. The summed E-state index contributed by atoms with van der Waals surface area (Å²) in [5, 5.41) is 0. The highest BCUT2D eigenvalue weighted by Crippen LogP contribution is 2.23. The highest BCUT2D eigenvalue weighted by Gasteiger charge is 2.29. The SMILES string of the molecule is CCC1CN(C(=O)c2cc(Br)cc(Br)c2)CCC1=O. The number of hydrogen-bond acceptors (Lipinski definition) is 2. The number of carbonyl (C=O) groups is 2. The quantitative estimate of drug-likeness (QED) is 0.775. The molecule has 5 heteroatoms. The molecule has 1 aliphatic heterocycles. The van der Waals surface area contributed by atoms with E-state index >= 15 is 0 Å². The maximum absolute atomic E-state index is 12.4. The van der Waals surface area contributed by atoms with Crippen LogP contribution in [0.2, 0.25) is 0 Å². The number of likely N-dealkylation sites (tertiary alicyclic amines) is 1. The van der Waals surface area contributed by atoms with Crippen molar-refractivity contribution in [2.45, 2.75) is 19.8 Å². The van der Waals surface area contributed by atoms with Gasteiger partial charge in [0.25, 0.3) is 5.91 Å². The van der Waals surface area contributed by atoms with Gasteiger partial charge in [-0.15, -0.1) is 0 Å². The molecular weight excluding hydrogens is 374 g/mol. The Labute approximate surface area is 129 Å². The molecule has 1 saturated heterocycles. The van der Waals surface area contributed by atoms with Crippen molar-refractivity contribution in [3.63, 3.8) is 0 Å². The third kappa shape index (κ3) is 3.45. The van der Waals surface area contributed by atoms with Crippen LogP contribution in [0.5, 0.6) is 0 Å². The first-order valence-electron chi connectivity index (χ1n) is 6.29. The Morgan fingerprint density at radius 1 is 1.32 bits per heavy atom. The fourth-order valence-corrected chi connectivity index (χ4v) is 3.60. The van der Waals surface area contributed by atoms with Crippen molar-refractivity contribution in [2.75, 3.05) is 13.1 Å². The van der Waals surface area contributed by atoms with E-state index in [-0.39, 0.29) is 17.6 Å². The normalized spacial score (nSPS) is 19.6. The molecule has 0 aliphatic carbocycles. The topological polar surface area (TPSA) is 37.4 Å². The summed E-state index contributed by atoms with van der Waals surface area (Å²) in [6, 6.07) is 5.51. The number of benzene rings is 1. The van der Waals surface area contributed by atoms with Gasteiger partial charge in [-0.1, -0.05) is 38.8 Å². The summed E-state index contributed by atoms with van der Waals surface area (Å²) in [6.07, 6.45) is 1.27. The van der Waals surface area contributed by atoms with Crippen LogP contribution in [0.3, 0.4) is 0 Å². The van der Waals surface area contributed by atoms with Crippen LogP contribution in [0.15, 0.2) is 27.1 Å². The molecule has 1 unspecified atom stereocenters. The van der Waals surface area contributed by atoms with Crippen LogP contribution in [-0.4, -0.2) is 29.7 Å². The minimum absolute atomic E-state index is 0.00621. The molecule has 0 N–H and O–H groups in total. The van der Waals surface area contributed by atoms with Gasteiger partial charge in [0.05, 0.1) is 0 Å². The van der Waals surface area contributed by atoms with Crippen molar-refractivity contribution >= 4 is 43.6 Å². The second-order valence-corrected chi connectivity index (χ2v) is 6.56. The van der Waals surface area contributed by atoms with Gasteiger partial charge >= 0.3 is 0 Å². The molecule has 0 radical (unpaired) electrons. The van der Waals surface area contributed by atoms with Crippen molar-refractivity contribution in [1.82, 2.24) is 4.90 Å². The molecule has 102 valence electrons. The smallest absolute Gasteiger partial charge is 0.253 e. The zero-order chi connectivity index (χ0) is 14.0. The van der Waals surface area contributed by atoms with Gasteiger partial charge in [0, 0.05) is 39.9 Å². The largest absolute Gasteiger partial charge is 0.337 e. The maximum Gasteiger partial charge on any atom is 0.253 e. The molecule has 0 saturated carbocycles. The minimum atomic E-state index is -0.00653. The number of ketones is 1. The molecule has 19 heavy (non-hydrogen) atoms. The van der Waals surface area contributed by atoms with E-state index in [0.29, 0.717) is 25.1 Å². The van der Waals surface area contributed by atoms with Gasteiger partial charge < -0.3 is 4.90 Å². The standard InChI is InChI=1S/C14H15Br2NO2/c1-2-9-8-17(4-3-13(9)18)14(19)10-5-11(15)7-12(16)6-10/h5-7,9H,2-4,8H2,1H3. The highest BCUT2D eigenvalue weighted by molar-refractivity contribution is 9.11. The number of Topliss-reactive ketones (excluding diaryl/α,β-unsaturated/α-hetero) is 1. The van der Waals surface area contributed by atoms with Gasteiger partial charge in [-0.25, -0.2) is 0 Å². The zero-order valence-electron chi connectivity index (χ0n) is 10.7. The first kappa shape index (κ1) is 14.7. The molecule has 1 aromatic carbocycles. The van der Waals surface area contributed by atoms with Crippen molar-refractivity contribution in [1.29, 1.82) is 0 Å². The van der Waals surface area contributed by atoms with Crippen LogP contribution in [0, 0.1) is 5.92 Å². The van der Waals surface area contributed by atoms with Crippen LogP contribution in [0.25, 0.3) is 0 Å². The molecule has 1 aromatic rings. The Hall–Kier alpha value is -0.680. The Morgan fingerprint density at radius 2 is 1.95 bits per heavy atom. The van der Waals surface area contributed by atoms with E-state index in [9.17, 15) is 9.59 Å². The van der Waals surface area contributed by atoms with E-state index in [4.69, 9.17) is 0 Å². The van der Waals surface area contributed by atoms with Crippen molar-refractivity contribution in [3.05, 3.63) is 32.7 Å². The van der Waals surface area contributed by atoms with Crippen LogP contribution in [0.4, 0.5) is 0 Å². The molecule has 1 fully saturated rings. The lowest BCUT2D eigenvalue weighted by Gasteiger charge is -2.31. The third-order valence-corrected chi connectivity index (χ3v) is 4.33. The molecule has 2 rings (SSSR count). The van der Waals surface area contributed by atoms with Gasteiger partial charge in [0.2, 0.25) is 0 Å². The predicted octanol–water partition coefficient (Wildman–Crippen LogP) is 3.65. The fourth-order valence-electron chi connectivity index (χ4n) is 2.31. The van der Waals surface area contributed by atoms with Crippen LogP contribution < -0.4 is 0 Å². The van der Waals surface area contributed by atoms with Crippen LogP contribution in [-0.2, 0) is 4.79 Å². The van der Waals surface area contributed by atoms with E-state index in [2.05, 4.69) is 31.9 Å². The number of nitrogens with zero attached hydrogens (tertiary/aromatic N) is 1. The van der Waals surface area contributed by atoms with Crippen molar-refractivity contribution < 1.29 is 9.59 Å². The number of amides is 1. The summed E-state index contributed by atoms with van der Waals surface area (Å²) in [7, 11) is 0. The van der Waals surface area contributed by atoms with Gasteiger partial charge in [0.15, 0.2) is 0 Å². The summed E-state index contributed by atoms with van der Waals surface area (Å²) >= 11 is 6.77. The molecule has 1 heterocycles. The molecule has 1 atom stereocenters. The number of carbonyl (C=O) groups excluding carboxylic acids is 2. The Morgan fingerprint density at radius 3 is 2.53 bits per heavy atom. The summed E-state index contributed by atoms with van der Waals surface area (Å²) in [6.45, 7) is 3.06.